The molecule has 0 saturated carbocycles. The lowest BCUT2D eigenvalue weighted by atomic mass is 10.2. The minimum absolute atomic E-state index is 0.762. The molecule has 4 nitrogen and oxygen atoms in total. The number of aryl methyl sites for hydroxylation is 2. The normalized spacial score (nSPS) is 11.1. The highest BCUT2D eigenvalue weighted by atomic mass is 16.3. The number of hydrogen-bond donors (Lipinski definition) is 0. The van der Waals surface area contributed by atoms with E-state index in [4.69, 9.17) is 4.42 Å². The highest BCUT2D eigenvalue weighted by molar-refractivity contribution is 5.19. The first-order chi connectivity index (χ1) is 11.2. The van der Waals surface area contributed by atoms with E-state index in [9.17, 15) is 0 Å². The molecule has 0 bridgehead atoms. The summed E-state index contributed by atoms with van der Waals surface area (Å²) >= 11 is 0. The second-order valence-corrected chi connectivity index (χ2v) is 5.82. The van der Waals surface area contributed by atoms with Crippen molar-refractivity contribution < 1.29 is 4.42 Å². The van der Waals surface area contributed by atoms with E-state index in [1.165, 1.54) is 16.7 Å². The quantitative estimate of drug-likeness (QED) is 0.693. The zero-order valence-electron chi connectivity index (χ0n) is 13.6. The number of aromatic nitrogens is 2. The summed E-state index contributed by atoms with van der Waals surface area (Å²) in [4.78, 5) is 10.8. The van der Waals surface area contributed by atoms with Crippen molar-refractivity contribution in [3.8, 4) is 0 Å². The Kier molecular flexibility index (Phi) is 4.83. The van der Waals surface area contributed by atoms with Crippen molar-refractivity contribution in [3.63, 3.8) is 0 Å². The molecule has 0 aromatic carbocycles. The zero-order valence-corrected chi connectivity index (χ0v) is 13.6. The van der Waals surface area contributed by atoms with Crippen molar-refractivity contribution in [1.29, 1.82) is 0 Å². The van der Waals surface area contributed by atoms with Gasteiger partial charge in [0.05, 0.1) is 6.54 Å². The Labute approximate surface area is 136 Å². The maximum absolute atomic E-state index is 5.85. The van der Waals surface area contributed by atoms with Gasteiger partial charge in [-0.2, -0.15) is 0 Å². The summed E-state index contributed by atoms with van der Waals surface area (Å²) in [7, 11) is 0. The highest BCUT2D eigenvalue weighted by Crippen LogP contribution is 2.18. The summed E-state index contributed by atoms with van der Waals surface area (Å²) in [6.45, 7) is 6.49. The van der Waals surface area contributed by atoms with E-state index in [1.54, 1.807) is 12.4 Å². The van der Waals surface area contributed by atoms with E-state index in [0.29, 0.717) is 0 Å². The molecule has 0 fully saturated rings. The minimum Gasteiger partial charge on any atom is -0.465 e. The van der Waals surface area contributed by atoms with Crippen molar-refractivity contribution in [2.45, 2.75) is 33.5 Å². The lowest BCUT2D eigenvalue weighted by molar-refractivity contribution is 0.225. The second-order valence-electron chi connectivity index (χ2n) is 5.82. The molecule has 0 spiro atoms. The van der Waals surface area contributed by atoms with Crippen molar-refractivity contribution >= 4 is 0 Å². The summed E-state index contributed by atoms with van der Waals surface area (Å²) in [5, 5.41) is 0. The van der Waals surface area contributed by atoms with Crippen LogP contribution in [0.1, 0.15) is 28.2 Å². The molecule has 0 aliphatic rings. The van der Waals surface area contributed by atoms with Crippen LogP contribution in [0.4, 0.5) is 0 Å². The summed E-state index contributed by atoms with van der Waals surface area (Å²) in [5.74, 6) is 1.98. The fourth-order valence-corrected chi connectivity index (χ4v) is 2.62. The standard InChI is InChI=1S/C19H21N3O/c1-15-9-19(23-16(15)2)14-22(12-17-5-3-7-20-10-17)13-18-6-4-8-21-11-18/h3-11H,12-14H2,1-2H3. The Balaban J connectivity index is 1.77. The van der Waals surface area contributed by atoms with Crippen LogP contribution in [0.15, 0.2) is 59.5 Å². The van der Waals surface area contributed by atoms with Crippen LogP contribution in [0.25, 0.3) is 0 Å². The molecule has 0 amide bonds. The van der Waals surface area contributed by atoms with Gasteiger partial charge in [0.1, 0.15) is 11.5 Å². The molecule has 0 aliphatic carbocycles. The van der Waals surface area contributed by atoms with Crippen molar-refractivity contribution in [1.82, 2.24) is 14.9 Å². The first-order valence-corrected chi connectivity index (χ1v) is 7.77. The van der Waals surface area contributed by atoms with Gasteiger partial charge in [-0.15, -0.1) is 0 Å². The molecule has 23 heavy (non-hydrogen) atoms. The van der Waals surface area contributed by atoms with Gasteiger partial charge in [0.15, 0.2) is 0 Å². The van der Waals surface area contributed by atoms with Gasteiger partial charge in [0.25, 0.3) is 0 Å². The third-order valence-electron chi connectivity index (χ3n) is 3.85. The van der Waals surface area contributed by atoms with Crippen LogP contribution in [0.3, 0.4) is 0 Å². The predicted octanol–water partition coefficient (Wildman–Crippen LogP) is 3.89. The molecule has 0 unspecified atom stereocenters. The van der Waals surface area contributed by atoms with Gasteiger partial charge in [0.2, 0.25) is 0 Å². The van der Waals surface area contributed by atoms with Gasteiger partial charge >= 0.3 is 0 Å². The molecule has 0 N–H and O–H groups in total. The van der Waals surface area contributed by atoms with Gasteiger partial charge in [-0.05, 0) is 48.7 Å². The van der Waals surface area contributed by atoms with Crippen LogP contribution in [-0.4, -0.2) is 14.9 Å². The number of pyridine rings is 2. The molecule has 0 aliphatic heterocycles. The molecule has 0 radical (unpaired) electrons. The van der Waals surface area contributed by atoms with Gasteiger partial charge < -0.3 is 4.42 Å². The van der Waals surface area contributed by atoms with Crippen LogP contribution < -0.4 is 0 Å². The average Bonchev–Trinajstić information content (AvgIpc) is 2.87. The van der Waals surface area contributed by atoms with Crippen LogP contribution in [-0.2, 0) is 19.6 Å². The lowest BCUT2D eigenvalue weighted by Gasteiger charge is -2.21. The molecule has 3 heterocycles. The monoisotopic (exact) mass is 307 g/mol. The molecule has 3 aromatic heterocycles. The van der Waals surface area contributed by atoms with Gasteiger partial charge in [-0.3, -0.25) is 14.9 Å². The highest BCUT2D eigenvalue weighted by Gasteiger charge is 2.12. The summed E-state index contributed by atoms with van der Waals surface area (Å²) in [6, 6.07) is 10.3. The van der Waals surface area contributed by atoms with E-state index in [1.807, 2.05) is 31.5 Å². The van der Waals surface area contributed by atoms with Crippen LogP contribution in [0.2, 0.25) is 0 Å². The maximum Gasteiger partial charge on any atom is 0.118 e. The lowest BCUT2D eigenvalue weighted by Crippen LogP contribution is -2.22. The Morgan fingerprint density at radius 1 is 0.913 bits per heavy atom. The Hall–Kier alpha value is -2.46. The predicted molar refractivity (Wildman–Crippen MR) is 89.6 cm³/mol. The number of nitrogens with zero attached hydrogens (tertiary/aromatic N) is 3. The smallest absolute Gasteiger partial charge is 0.118 e. The number of rotatable bonds is 6. The van der Waals surface area contributed by atoms with E-state index in [-0.39, 0.29) is 0 Å². The van der Waals surface area contributed by atoms with E-state index < -0.39 is 0 Å². The largest absolute Gasteiger partial charge is 0.465 e. The molecular weight excluding hydrogens is 286 g/mol. The van der Waals surface area contributed by atoms with Gasteiger partial charge in [-0.1, -0.05) is 12.1 Å². The third-order valence-corrected chi connectivity index (χ3v) is 3.85. The third kappa shape index (κ3) is 4.27. The van der Waals surface area contributed by atoms with Crippen LogP contribution in [0, 0.1) is 13.8 Å². The van der Waals surface area contributed by atoms with E-state index in [0.717, 1.165) is 31.2 Å². The fraction of sp³-hybridized carbons (Fsp3) is 0.263. The topological polar surface area (TPSA) is 42.2 Å². The Morgan fingerprint density at radius 2 is 1.52 bits per heavy atom. The zero-order chi connectivity index (χ0) is 16.1. The maximum atomic E-state index is 5.85. The van der Waals surface area contributed by atoms with Crippen LogP contribution in [0.5, 0.6) is 0 Å². The minimum atomic E-state index is 0.762. The average molecular weight is 307 g/mol. The first kappa shape index (κ1) is 15.4. The molecule has 118 valence electrons. The van der Waals surface area contributed by atoms with Crippen LogP contribution >= 0.6 is 0 Å². The molecule has 3 rings (SSSR count). The number of furan rings is 1. The summed E-state index contributed by atoms with van der Waals surface area (Å²) in [6.07, 6.45) is 7.42. The summed E-state index contributed by atoms with van der Waals surface area (Å²) in [5.41, 5.74) is 3.58. The van der Waals surface area contributed by atoms with E-state index >= 15 is 0 Å². The first-order valence-electron chi connectivity index (χ1n) is 7.77. The van der Waals surface area contributed by atoms with Gasteiger partial charge in [0, 0.05) is 37.9 Å². The van der Waals surface area contributed by atoms with Crippen molar-refractivity contribution in [3.05, 3.63) is 83.3 Å². The van der Waals surface area contributed by atoms with Crippen molar-refractivity contribution in [2.75, 3.05) is 0 Å². The molecule has 3 aromatic rings. The number of hydrogen-bond acceptors (Lipinski definition) is 4. The Morgan fingerprint density at radius 3 is 1.96 bits per heavy atom. The fourth-order valence-electron chi connectivity index (χ4n) is 2.62. The molecule has 0 saturated heterocycles. The molecule has 4 heteroatoms. The molecular formula is C19H21N3O. The summed E-state index contributed by atoms with van der Waals surface area (Å²) < 4.78 is 5.85. The second kappa shape index (κ2) is 7.20. The van der Waals surface area contributed by atoms with E-state index in [2.05, 4.69) is 40.0 Å². The Bertz CT molecular complexity index is 677. The van der Waals surface area contributed by atoms with Gasteiger partial charge in [-0.25, -0.2) is 0 Å². The molecule has 0 atom stereocenters. The SMILES string of the molecule is Cc1cc(CN(Cc2cccnc2)Cc2cccnc2)oc1C. The van der Waals surface area contributed by atoms with Crippen molar-refractivity contribution in [2.24, 2.45) is 0 Å².